The third kappa shape index (κ3) is 3.57. The van der Waals surface area contributed by atoms with E-state index in [0.717, 1.165) is 5.69 Å². The number of rotatable bonds is 3. The van der Waals surface area contributed by atoms with Crippen LogP contribution >= 0.6 is 11.3 Å². The van der Waals surface area contributed by atoms with Crippen LogP contribution in [0.1, 0.15) is 63.2 Å². The SMILES string of the molecule is C#CC(C)(C)NC(C)c1sc(C(C)(C)C)nc1C. The van der Waals surface area contributed by atoms with Crippen LogP contribution in [-0.4, -0.2) is 10.5 Å². The lowest BCUT2D eigenvalue weighted by molar-refractivity contribution is 0.434. The third-order valence-electron chi connectivity index (χ3n) is 2.81. The highest BCUT2D eigenvalue weighted by atomic mass is 32.1. The Labute approximate surface area is 115 Å². The quantitative estimate of drug-likeness (QED) is 0.840. The smallest absolute Gasteiger partial charge is 0.0985 e. The van der Waals surface area contributed by atoms with Gasteiger partial charge < -0.3 is 0 Å². The highest BCUT2D eigenvalue weighted by molar-refractivity contribution is 7.12. The summed E-state index contributed by atoms with van der Waals surface area (Å²) in [5, 5.41) is 4.64. The van der Waals surface area contributed by atoms with Crippen LogP contribution in [0.3, 0.4) is 0 Å². The third-order valence-corrected chi connectivity index (χ3v) is 4.57. The van der Waals surface area contributed by atoms with Crippen molar-refractivity contribution >= 4 is 11.3 Å². The summed E-state index contributed by atoms with van der Waals surface area (Å²) >= 11 is 1.78. The Bertz CT molecular complexity index is 458. The van der Waals surface area contributed by atoms with E-state index in [1.807, 2.05) is 13.8 Å². The lowest BCUT2D eigenvalue weighted by Crippen LogP contribution is -2.39. The summed E-state index contributed by atoms with van der Waals surface area (Å²) in [4.78, 5) is 5.97. The first kappa shape index (κ1) is 15.2. The number of hydrogen-bond acceptors (Lipinski definition) is 3. The van der Waals surface area contributed by atoms with Crippen LogP contribution < -0.4 is 5.32 Å². The van der Waals surface area contributed by atoms with Crippen LogP contribution in [0.15, 0.2) is 0 Å². The molecule has 0 fully saturated rings. The van der Waals surface area contributed by atoms with Crippen molar-refractivity contribution in [2.75, 3.05) is 0 Å². The van der Waals surface area contributed by atoms with Gasteiger partial charge in [0.15, 0.2) is 0 Å². The first-order valence-electron chi connectivity index (χ1n) is 6.30. The molecule has 0 saturated carbocycles. The Kier molecular flexibility index (Phi) is 4.25. The molecule has 0 spiro atoms. The summed E-state index contributed by atoms with van der Waals surface area (Å²) < 4.78 is 0. The van der Waals surface area contributed by atoms with Gasteiger partial charge in [-0.25, -0.2) is 4.98 Å². The molecule has 1 aromatic rings. The van der Waals surface area contributed by atoms with E-state index in [1.165, 1.54) is 9.88 Å². The Morgan fingerprint density at radius 2 is 1.83 bits per heavy atom. The molecule has 0 saturated heterocycles. The van der Waals surface area contributed by atoms with Crippen LogP contribution in [0.25, 0.3) is 0 Å². The Balaban J connectivity index is 2.98. The molecule has 0 bridgehead atoms. The van der Waals surface area contributed by atoms with Gasteiger partial charge >= 0.3 is 0 Å². The minimum atomic E-state index is -0.294. The number of nitrogens with zero attached hydrogens (tertiary/aromatic N) is 1. The molecule has 0 amide bonds. The molecule has 1 unspecified atom stereocenters. The summed E-state index contributed by atoms with van der Waals surface area (Å²) in [5.41, 5.74) is 0.921. The number of hydrogen-bond donors (Lipinski definition) is 1. The van der Waals surface area contributed by atoms with Crippen molar-refractivity contribution in [1.29, 1.82) is 0 Å². The maximum Gasteiger partial charge on any atom is 0.0985 e. The molecule has 0 aliphatic carbocycles. The summed E-state index contributed by atoms with van der Waals surface area (Å²) in [6.07, 6.45) is 5.52. The molecule has 1 aromatic heterocycles. The monoisotopic (exact) mass is 264 g/mol. The molecule has 0 aliphatic heterocycles. The van der Waals surface area contributed by atoms with Gasteiger partial charge in [-0.2, -0.15) is 0 Å². The van der Waals surface area contributed by atoms with Gasteiger partial charge in [-0.05, 0) is 27.7 Å². The second-order valence-corrected chi connectivity index (χ2v) is 7.38. The molecular formula is C15H24N2S. The number of nitrogens with one attached hydrogen (secondary N) is 1. The van der Waals surface area contributed by atoms with E-state index in [2.05, 4.69) is 50.8 Å². The van der Waals surface area contributed by atoms with Gasteiger partial charge in [-0.1, -0.05) is 26.7 Å². The zero-order valence-electron chi connectivity index (χ0n) is 12.5. The van der Waals surface area contributed by atoms with Crippen LogP contribution in [0.5, 0.6) is 0 Å². The Morgan fingerprint density at radius 3 is 2.22 bits per heavy atom. The summed E-state index contributed by atoms with van der Waals surface area (Å²) in [6.45, 7) is 14.8. The molecule has 3 heteroatoms. The van der Waals surface area contributed by atoms with Crippen molar-refractivity contribution in [2.24, 2.45) is 0 Å². The number of thiazole rings is 1. The van der Waals surface area contributed by atoms with Gasteiger partial charge in [0.25, 0.3) is 0 Å². The fraction of sp³-hybridized carbons (Fsp3) is 0.667. The van der Waals surface area contributed by atoms with Crippen LogP contribution in [0.2, 0.25) is 0 Å². The van der Waals surface area contributed by atoms with Gasteiger partial charge in [-0.15, -0.1) is 17.8 Å². The average molecular weight is 264 g/mol. The Hall–Kier alpha value is -0.850. The number of aryl methyl sites for hydroxylation is 1. The van der Waals surface area contributed by atoms with E-state index in [0.29, 0.717) is 0 Å². The van der Waals surface area contributed by atoms with Crippen LogP contribution in [0, 0.1) is 19.3 Å². The van der Waals surface area contributed by atoms with E-state index in [9.17, 15) is 0 Å². The highest BCUT2D eigenvalue weighted by Crippen LogP contribution is 2.33. The second kappa shape index (κ2) is 5.03. The average Bonchev–Trinajstić information content (AvgIpc) is 2.59. The number of aromatic nitrogens is 1. The van der Waals surface area contributed by atoms with Gasteiger partial charge in [0, 0.05) is 16.3 Å². The zero-order valence-corrected chi connectivity index (χ0v) is 13.3. The second-order valence-electron chi connectivity index (χ2n) is 6.35. The largest absolute Gasteiger partial charge is 0.294 e. The fourth-order valence-corrected chi connectivity index (χ4v) is 2.91. The summed E-state index contributed by atoms with van der Waals surface area (Å²) in [5.74, 6) is 2.77. The van der Waals surface area contributed by atoms with E-state index in [4.69, 9.17) is 6.42 Å². The maximum atomic E-state index is 5.52. The van der Waals surface area contributed by atoms with Crippen molar-refractivity contribution in [3.63, 3.8) is 0 Å². The lowest BCUT2D eigenvalue weighted by Gasteiger charge is -2.24. The van der Waals surface area contributed by atoms with Gasteiger partial charge in [0.05, 0.1) is 16.2 Å². The molecular weight excluding hydrogens is 240 g/mol. The molecule has 1 rings (SSSR count). The van der Waals surface area contributed by atoms with Crippen molar-refractivity contribution in [3.05, 3.63) is 15.6 Å². The standard InChI is InChI=1S/C15H24N2S/c1-9-15(7,8)17-11(3)12-10(2)16-13(18-12)14(4,5)6/h1,11,17H,2-8H3. The molecule has 1 atom stereocenters. The van der Waals surface area contributed by atoms with Crippen LogP contribution in [-0.2, 0) is 5.41 Å². The van der Waals surface area contributed by atoms with Crippen molar-refractivity contribution in [3.8, 4) is 12.3 Å². The van der Waals surface area contributed by atoms with Gasteiger partial charge in [-0.3, -0.25) is 5.32 Å². The highest BCUT2D eigenvalue weighted by Gasteiger charge is 2.24. The number of terminal acetylenes is 1. The van der Waals surface area contributed by atoms with Gasteiger partial charge in [0.2, 0.25) is 0 Å². The first-order valence-corrected chi connectivity index (χ1v) is 7.12. The van der Waals surface area contributed by atoms with E-state index >= 15 is 0 Å². The molecule has 1 heterocycles. The predicted octanol–water partition coefficient (Wildman–Crippen LogP) is 3.81. The Morgan fingerprint density at radius 1 is 1.28 bits per heavy atom. The summed E-state index contributed by atoms with van der Waals surface area (Å²) in [6, 6.07) is 0.227. The molecule has 100 valence electrons. The minimum absolute atomic E-state index is 0.106. The van der Waals surface area contributed by atoms with Crippen molar-refractivity contribution in [2.45, 2.75) is 65.5 Å². The maximum absolute atomic E-state index is 5.52. The molecule has 2 nitrogen and oxygen atoms in total. The molecule has 0 aliphatic rings. The molecule has 0 aromatic carbocycles. The van der Waals surface area contributed by atoms with E-state index in [1.54, 1.807) is 11.3 Å². The summed E-state index contributed by atoms with van der Waals surface area (Å²) in [7, 11) is 0. The lowest BCUT2D eigenvalue weighted by atomic mass is 9.98. The normalized spacial score (nSPS) is 14.3. The predicted molar refractivity (Wildman–Crippen MR) is 80.0 cm³/mol. The van der Waals surface area contributed by atoms with E-state index in [-0.39, 0.29) is 17.0 Å². The van der Waals surface area contributed by atoms with Crippen molar-refractivity contribution in [1.82, 2.24) is 10.3 Å². The topological polar surface area (TPSA) is 24.9 Å². The van der Waals surface area contributed by atoms with Gasteiger partial charge in [0.1, 0.15) is 0 Å². The molecule has 0 radical (unpaired) electrons. The molecule has 18 heavy (non-hydrogen) atoms. The van der Waals surface area contributed by atoms with Crippen molar-refractivity contribution < 1.29 is 0 Å². The zero-order chi connectivity index (χ0) is 14.1. The van der Waals surface area contributed by atoms with E-state index < -0.39 is 0 Å². The van der Waals surface area contributed by atoms with Crippen LogP contribution in [0.4, 0.5) is 0 Å². The molecule has 1 N–H and O–H groups in total. The first-order chi connectivity index (χ1) is 8.07. The fourth-order valence-electron chi connectivity index (χ4n) is 1.78. The minimum Gasteiger partial charge on any atom is -0.294 e.